The molecule has 0 atom stereocenters. The summed E-state index contributed by atoms with van der Waals surface area (Å²) in [6, 6.07) is 17.9. The van der Waals surface area contributed by atoms with E-state index in [2.05, 4.69) is 56.0 Å². The topological polar surface area (TPSA) is 44.2 Å². The van der Waals surface area contributed by atoms with Gasteiger partial charge in [-0.2, -0.15) is 0 Å². The third-order valence-corrected chi connectivity index (χ3v) is 9.88. The minimum atomic E-state index is -1.87. The van der Waals surface area contributed by atoms with Gasteiger partial charge in [-0.25, -0.2) is 9.97 Å². The van der Waals surface area contributed by atoms with E-state index in [0.717, 1.165) is 28.3 Å². The quantitative estimate of drug-likeness (QED) is 0.417. The van der Waals surface area contributed by atoms with Gasteiger partial charge in [0.25, 0.3) is 0 Å². The van der Waals surface area contributed by atoms with Crippen LogP contribution in [0.1, 0.15) is 32.2 Å². The second kappa shape index (κ2) is 8.84. The Bertz CT molecular complexity index is 1040. The Morgan fingerprint density at radius 3 is 2.43 bits per heavy atom. The van der Waals surface area contributed by atoms with Crippen LogP contribution in [-0.2, 0) is 0 Å². The van der Waals surface area contributed by atoms with Gasteiger partial charge >= 0.3 is 0 Å². The van der Waals surface area contributed by atoms with E-state index < -0.39 is 8.32 Å². The number of ether oxygens (including phenoxy) is 1. The van der Waals surface area contributed by atoms with Gasteiger partial charge < -0.3 is 9.16 Å². The Morgan fingerprint density at radius 2 is 1.70 bits per heavy atom. The number of hydrogen-bond donors (Lipinski definition) is 0. The van der Waals surface area contributed by atoms with E-state index in [1.807, 2.05) is 54.6 Å². The fraction of sp³-hybridized carbons (Fsp3) is 0.280. The molecule has 156 valence electrons. The molecule has 0 aliphatic carbocycles. The maximum atomic E-state index is 6.42. The highest BCUT2D eigenvalue weighted by Gasteiger charge is 2.38. The van der Waals surface area contributed by atoms with E-state index >= 15 is 0 Å². The van der Waals surface area contributed by atoms with Crippen LogP contribution in [0.4, 0.5) is 0 Å². The smallest absolute Gasteiger partial charge is 0.250 e. The molecule has 1 aromatic heterocycles. The normalized spacial score (nSPS) is 12.2. The zero-order chi connectivity index (χ0) is 21.8. The Labute approximate surface area is 180 Å². The van der Waals surface area contributed by atoms with Crippen LogP contribution >= 0.6 is 0 Å². The van der Waals surface area contributed by atoms with Crippen molar-refractivity contribution in [2.75, 3.05) is 7.11 Å². The van der Waals surface area contributed by atoms with Crippen molar-refractivity contribution in [3.63, 3.8) is 0 Å². The zero-order valence-corrected chi connectivity index (χ0v) is 19.6. The number of nitrogens with zero attached hydrogens (tertiary/aromatic N) is 2. The van der Waals surface area contributed by atoms with Crippen molar-refractivity contribution in [1.82, 2.24) is 9.97 Å². The van der Waals surface area contributed by atoms with Gasteiger partial charge in [0, 0.05) is 11.8 Å². The van der Waals surface area contributed by atoms with Crippen molar-refractivity contribution < 1.29 is 9.16 Å². The average Bonchev–Trinajstić information content (AvgIpc) is 2.71. The molecule has 0 bridgehead atoms. The fourth-order valence-corrected chi connectivity index (χ4v) is 3.78. The van der Waals surface area contributed by atoms with Crippen LogP contribution in [0, 0.1) is 0 Å². The molecule has 30 heavy (non-hydrogen) atoms. The predicted octanol–water partition coefficient (Wildman–Crippen LogP) is 6.71. The summed E-state index contributed by atoms with van der Waals surface area (Å²) in [7, 11) is -0.204. The molecule has 0 aliphatic heterocycles. The molecular weight excluding hydrogens is 388 g/mol. The van der Waals surface area contributed by atoms with Gasteiger partial charge in [-0.05, 0) is 60.1 Å². The third-order valence-electron chi connectivity index (χ3n) is 5.52. The lowest BCUT2D eigenvalue weighted by molar-refractivity contribution is 0.416. The molecule has 0 amide bonds. The second-order valence-corrected chi connectivity index (χ2v) is 13.5. The van der Waals surface area contributed by atoms with E-state index in [1.165, 1.54) is 0 Å². The minimum absolute atomic E-state index is 0.158. The maximum absolute atomic E-state index is 6.42. The van der Waals surface area contributed by atoms with E-state index in [0.29, 0.717) is 5.82 Å². The van der Waals surface area contributed by atoms with Gasteiger partial charge in [0.15, 0.2) is 5.82 Å². The number of benzene rings is 2. The Balaban J connectivity index is 1.82. The number of methoxy groups -OCH3 is 1. The molecule has 0 radical (unpaired) electrons. The molecule has 3 aromatic rings. The average molecular weight is 419 g/mol. The molecular formula is C25H30N2O2Si. The second-order valence-electron chi connectivity index (χ2n) is 8.77. The highest BCUT2D eigenvalue weighted by Crippen LogP contribution is 2.37. The van der Waals surface area contributed by atoms with Crippen LogP contribution in [0.3, 0.4) is 0 Å². The molecule has 0 fully saturated rings. The summed E-state index contributed by atoms with van der Waals surface area (Å²) in [4.78, 5) is 9.06. The number of para-hydroxylation sites is 1. The van der Waals surface area contributed by atoms with E-state index in [9.17, 15) is 0 Å². The van der Waals surface area contributed by atoms with Crippen LogP contribution in [0.15, 0.2) is 60.8 Å². The number of rotatable bonds is 6. The largest absolute Gasteiger partial charge is 0.543 e. The monoisotopic (exact) mass is 418 g/mol. The molecule has 2 aromatic carbocycles. The van der Waals surface area contributed by atoms with Gasteiger partial charge in [0.05, 0.1) is 12.8 Å². The lowest BCUT2D eigenvalue weighted by Crippen LogP contribution is -2.43. The van der Waals surface area contributed by atoms with Gasteiger partial charge in [0.1, 0.15) is 11.5 Å². The maximum Gasteiger partial charge on any atom is 0.250 e. The molecule has 1 heterocycles. The summed E-state index contributed by atoms with van der Waals surface area (Å²) in [5.74, 6) is 2.35. The third kappa shape index (κ3) is 5.16. The number of hydrogen-bond acceptors (Lipinski definition) is 4. The highest BCUT2D eigenvalue weighted by atomic mass is 28.4. The zero-order valence-electron chi connectivity index (χ0n) is 18.6. The lowest BCUT2D eigenvalue weighted by Gasteiger charge is -2.36. The highest BCUT2D eigenvalue weighted by molar-refractivity contribution is 6.74. The standard InChI is InChI=1S/C25H30N2O2Si/c1-25(2,3)30(5,6)29-20-11-9-10-19(18-20)14-15-24-26-17-16-22(27-24)21-12-7-8-13-23(21)28-4/h7-18H,1-6H3/b15-14+. The first-order valence-electron chi connectivity index (χ1n) is 10.1. The van der Waals surface area contributed by atoms with Gasteiger partial charge in [-0.3, -0.25) is 0 Å². The fourth-order valence-electron chi connectivity index (χ4n) is 2.76. The molecule has 0 spiro atoms. The summed E-state index contributed by atoms with van der Waals surface area (Å²) in [5, 5.41) is 0.158. The van der Waals surface area contributed by atoms with Crippen LogP contribution in [0.2, 0.25) is 18.1 Å². The van der Waals surface area contributed by atoms with Crippen LogP contribution < -0.4 is 9.16 Å². The summed E-state index contributed by atoms with van der Waals surface area (Å²) in [6.07, 6.45) is 5.70. The molecule has 0 saturated heterocycles. The van der Waals surface area contributed by atoms with Crippen molar-refractivity contribution >= 4 is 20.5 Å². The Hall–Kier alpha value is -2.92. The Kier molecular flexibility index (Phi) is 6.42. The summed E-state index contributed by atoms with van der Waals surface area (Å²) in [6.45, 7) is 11.2. The molecule has 0 unspecified atom stereocenters. The molecule has 3 rings (SSSR count). The predicted molar refractivity (Wildman–Crippen MR) is 127 cm³/mol. The Morgan fingerprint density at radius 1 is 0.933 bits per heavy atom. The van der Waals surface area contributed by atoms with Crippen LogP contribution in [0.5, 0.6) is 11.5 Å². The van der Waals surface area contributed by atoms with E-state index in [-0.39, 0.29) is 5.04 Å². The first-order valence-corrected chi connectivity index (χ1v) is 13.0. The van der Waals surface area contributed by atoms with Crippen molar-refractivity contribution in [2.45, 2.75) is 38.9 Å². The molecule has 0 N–H and O–H groups in total. The molecule has 4 nitrogen and oxygen atoms in total. The van der Waals surface area contributed by atoms with Gasteiger partial charge in [-0.15, -0.1) is 0 Å². The molecule has 0 saturated carbocycles. The van der Waals surface area contributed by atoms with Crippen LogP contribution in [0.25, 0.3) is 23.4 Å². The van der Waals surface area contributed by atoms with Gasteiger partial charge in [0.2, 0.25) is 8.32 Å². The molecule has 0 aliphatic rings. The van der Waals surface area contributed by atoms with Gasteiger partial charge in [-0.1, -0.05) is 51.1 Å². The summed E-state index contributed by atoms with van der Waals surface area (Å²) in [5.41, 5.74) is 2.83. The first-order chi connectivity index (χ1) is 14.2. The SMILES string of the molecule is COc1ccccc1-c1ccnc(/C=C/c2cccc(O[Si](C)(C)C(C)(C)C)c2)n1. The van der Waals surface area contributed by atoms with E-state index in [1.54, 1.807) is 13.3 Å². The summed E-state index contributed by atoms with van der Waals surface area (Å²) < 4.78 is 11.9. The van der Waals surface area contributed by atoms with E-state index in [4.69, 9.17) is 9.16 Å². The van der Waals surface area contributed by atoms with Crippen molar-refractivity contribution in [1.29, 1.82) is 0 Å². The van der Waals surface area contributed by atoms with Crippen molar-refractivity contribution in [3.05, 3.63) is 72.2 Å². The summed E-state index contributed by atoms with van der Waals surface area (Å²) >= 11 is 0. The van der Waals surface area contributed by atoms with Crippen molar-refractivity contribution in [3.8, 4) is 22.8 Å². The van der Waals surface area contributed by atoms with Crippen molar-refractivity contribution in [2.24, 2.45) is 0 Å². The molecule has 5 heteroatoms. The number of aromatic nitrogens is 2. The minimum Gasteiger partial charge on any atom is -0.543 e. The van der Waals surface area contributed by atoms with Crippen LogP contribution in [-0.4, -0.2) is 25.4 Å². The first kappa shape index (κ1) is 21.8. The lowest BCUT2D eigenvalue weighted by atomic mass is 10.1.